The van der Waals surface area contributed by atoms with Crippen LogP contribution in [0, 0.1) is 17.0 Å². The molecule has 0 atom stereocenters. The first-order valence-electron chi connectivity index (χ1n) is 8.68. The number of benzene rings is 3. The summed E-state index contributed by atoms with van der Waals surface area (Å²) in [7, 11) is 1.55. The lowest BCUT2D eigenvalue weighted by atomic mass is 10.0. The summed E-state index contributed by atoms with van der Waals surface area (Å²) >= 11 is 0. The number of nitro groups is 1. The molecule has 0 radical (unpaired) electrons. The number of methoxy groups -OCH3 is 1. The maximum Gasteiger partial charge on any atom is 0.339 e. The van der Waals surface area contributed by atoms with E-state index < -0.39 is 23.4 Å². The molecule has 0 saturated heterocycles. The minimum atomic E-state index is -0.639. The zero-order valence-electron chi connectivity index (χ0n) is 15.8. The Morgan fingerprint density at radius 1 is 1.07 bits per heavy atom. The Balaban J connectivity index is 1.69. The summed E-state index contributed by atoms with van der Waals surface area (Å²) in [6, 6.07) is 14.6. The van der Waals surface area contributed by atoms with Gasteiger partial charge in [0.2, 0.25) is 0 Å². The van der Waals surface area contributed by atoms with Gasteiger partial charge in [-0.25, -0.2) is 4.79 Å². The second kappa shape index (κ2) is 8.39. The molecule has 0 aliphatic heterocycles. The van der Waals surface area contributed by atoms with Gasteiger partial charge in [-0.3, -0.25) is 14.9 Å². The highest BCUT2D eigenvalue weighted by atomic mass is 16.6. The molecule has 1 N–H and O–H groups in total. The number of hydrogen-bond donors (Lipinski definition) is 1. The predicted octanol–water partition coefficient (Wildman–Crippen LogP) is 3.86. The number of esters is 1. The molecule has 29 heavy (non-hydrogen) atoms. The summed E-state index contributed by atoms with van der Waals surface area (Å²) in [6.45, 7) is 1.15. The molecule has 3 aromatic carbocycles. The smallest absolute Gasteiger partial charge is 0.339 e. The Bertz CT molecular complexity index is 1110. The third-order valence-electron chi connectivity index (χ3n) is 4.35. The van der Waals surface area contributed by atoms with Gasteiger partial charge < -0.3 is 14.8 Å². The van der Waals surface area contributed by atoms with E-state index in [-0.39, 0.29) is 5.69 Å². The number of fused-ring (bicyclic) bond motifs is 1. The summed E-state index contributed by atoms with van der Waals surface area (Å²) in [5.41, 5.74) is 1.19. The standard InChI is InChI=1S/C21H18N2O6/c1-13-11-14(23(26)27)7-9-18(13)22-20(24)12-29-21(25)17-8-10-19(28-2)16-6-4-3-5-15(16)17/h3-11H,12H2,1-2H3,(H,22,24). The molecule has 0 bridgehead atoms. The van der Waals surface area contributed by atoms with Crippen LogP contribution in [-0.2, 0) is 9.53 Å². The number of carbonyl (C=O) groups is 2. The number of rotatable bonds is 6. The van der Waals surface area contributed by atoms with E-state index in [1.165, 1.54) is 18.2 Å². The summed E-state index contributed by atoms with van der Waals surface area (Å²) in [4.78, 5) is 34.9. The van der Waals surface area contributed by atoms with E-state index >= 15 is 0 Å². The lowest BCUT2D eigenvalue weighted by Crippen LogP contribution is -2.21. The summed E-state index contributed by atoms with van der Waals surface area (Å²) in [5, 5.41) is 14.8. The minimum absolute atomic E-state index is 0.0710. The number of amides is 1. The van der Waals surface area contributed by atoms with Crippen LogP contribution in [0.2, 0.25) is 0 Å². The number of aryl methyl sites for hydroxylation is 1. The van der Waals surface area contributed by atoms with Crippen molar-refractivity contribution in [3.8, 4) is 5.75 Å². The van der Waals surface area contributed by atoms with Crippen LogP contribution in [0.5, 0.6) is 5.75 Å². The van der Waals surface area contributed by atoms with E-state index in [2.05, 4.69) is 5.32 Å². The highest BCUT2D eigenvalue weighted by molar-refractivity contribution is 6.07. The number of non-ortho nitro benzene ring substituents is 1. The van der Waals surface area contributed by atoms with Gasteiger partial charge >= 0.3 is 5.97 Å². The molecule has 0 fully saturated rings. The van der Waals surface area contributed by atoms with Gasteiger partial charge in [0.25, 0.3) is 11.6 Å². The molecule has 3 aromatic rings. The van der Waals surface area contributed by atoms with Gasteiger partial charge in [0.05, 0.1) is 17.6 Å². The Hall–Kier alpha value is -3.94. The number of nitrogens with one attached hydrogen (secondary N) is 1. The molecule has 0 spiro atoms. The number of ether oxygens (including phenoxy) is 2. The topological polar surface area (TPSA) is 108 Å². The fourth-order valence-electron chi connectivity index (χ4n) is 2.92. The summed E-state index contributed by atoms with van der Waals surface area (Å²) in [6.07, 6.45) is 0. The number of carbonyl (C=O) groups excluding carboxylic acids is 2. The van der Waals surface area contributed by atoms with Crippen LogP contribution in [0.1, 0.15) is 15.9 Å². The Labute approximate surface area is 166 Å². The fraction of sp³-hybridized carbons (Fsp3) is 0.143. The van der Waals surface area contributed by atoms with Crippen molar-refractivity contribution in [2.75, 3.05) is 19.0 Å². The quantitative estimate of drug-likeness (QED) is 0.386. The van der Waals surface area contributed by atoms with Crippen molar-refractivity contribution in [2.24, 2.45) is 0 Å². The molecule has 8 heteroatoms. The second-order valence-electron chi connectivity index (χ2n) is 6.24. The number of anilines is 1. The van der Waals surface area contributed by atoms with Crippen molar-refractivity contribution >= 4 is 34.0 Å². The lowest BCUT2D eigenvalue weighted by molar-refractivity contribution is -0.384. The first-order chi connectivity index (χ1) is 13.9. The predicted molar refractivity (Wildman–Crippen MR) is 107 cm³/mol. The summed E-state index contributed by atoms with van der Waals surface area (Å²) < 4.78 is 10.4. The molecule has 3 rings (SSSR count). The van der Waals surface area contributed by atoms with Crippen LogP contribution in [-0.4, -0.2) is 30.5 Å². The van der Waals surface area contributed by atoms with Gasteiger partial charge in [-0.15, -0.1) is 0 Å². The first-order valence-corrected chi connectivity index (χ1v) is 8.68. The van der Waals surface area contributed by atoms with Gasteiger partial charge in [0.15, 0.2) is 6.61 Å². The zero-order valence-corrected chi connectivity index (χ0v) is 15.8. The van der Waals surface area contributed by atoms with Gasteiger partial charge in [-0.2, -0.15) is 0 Å². The van der Waals surface area contributed by atoms with Crippen LogP contribution in [0.15, 0.2) is 54.6 Å². The SMILES string of the molecule is COc1ccc(C(=O)OCC(=O)Nc2ccc([N+](=O)[O-])cc2C)c2ccccc12. The zero-order chi connectivity index (χ0) is 21.0. The average Bonchev–Trinajstić information content (AvgIpc) is 2.72. The van der Waals surface area contributed by atoms with Crippen molar-refractivity contribution in [3.63, 3.8) is 0 Å². The monoisotopic (exact) mass is 394 g/mol. The molecule has 0 aromatic heterocycles. The van der Waals surface area contributed by atoms with Crippen LogP contribution in [0.3, 0.4) is 0 Å². The van der Waals surface area contributed by atoms with Crippen LogP contribution in [0.25, 0.3) is 10.8 Å². The van der Waals surface area contributed by atoms with Crippen molar-refractivity contribution in [1.29, 1.82) is 0 Å². The maximum atomic E-state index is 12.5. The van der Waals surface area contributed by atoms with Gasteiger partial charge in [-0.05, 0) is 36.1 Å². The van der Waals surface area contributed by atoms with E-state index in [4.69, 9.17) is 9.47 Å². The molecule has 0 unspecified atom stereocenters. The number of nitrogens with zero attached hydrogens (tertiary/aromatic N) is 1. The van der Waals surface area contributed by atoms with Crippen molar-refractivity contribution in [2.45, 2.75) is 6.92 Å². The molecule has 0 aliphatic carbocycles. The van der Waals surface area contributed by atoms with E-state index in [1.807, 2.05) is 12.1 Å². The van der Waals surface area contributed by atoms with E-state index in [0.29, 0.717) is 28.0 Å². The molecule has 1 amide bonds. The Kier molecular flexibility index (Phi) is 5.73. The van der Waals surface area contributed by atoms with Gasteiger partial charge in [0.1, 0.15) is 5.75 Å². The highest BCUT2D eigenvalue weighted by Gasteiger charge is 2.16. The van der Waals surface area contributed by atoms with Crippen molar-refractivity contribution in [1.82, 2.24) is 0 Å². The molecule has 148 valence electrons. The maximum absolute atomic E-state index is 12.5. The van der Waals surface area contributed by atoms with Crippen molar-refractivity contribution in [3.05, 3.63) is 75.8 Å². The van der Waals surface area contributed by atoms with Gasteiger partial charge in [-0.1, -0.05) is 24.3 Å². The molecule has 0 saturated carbocycles. The molecule has 0 heterocycles. The van der Waals surface area contributed by atoms with E-state index in [0.717, 1.165) is 5.39 Å². The lowest BCUT2D eigenvalue weighted by Gasteiger charge is -2.11. The second-order valence-corrected chi connectivity index (χ2v) is 6.24. The molecule has 8 nitrogen and oxygen atoms in total. The first kappa shape index (κ1) is 19.8. The van der Waals surface area contributed by atoms with Gasteiger partial charge in [0, 0.05) is 23.2 Å². The Morgan fingerprint density at radius 3 is 2.45 bits per heavy atom. The highest BCUT2D eigenvalue weighted by Crippen LogP contribution is 2.28. The third-order valence-corrected chi connectivity index (χ3v) is 4.35. The normalized spacial score (nSPS) is 10.4. The molecule has 0 aliphatic rings. The average molecular weight is 394 g/mol. The Morgan fingerprint density at radius 2 is 1.79 bits per heavy atom. The van der Waals surface area contributed by atoms with Crippen LogP contribution < -0.4 is 10.1 Å². The van der Waals surface area contributed by atoms with Crippen LogP contribution in [0.4, 0.5) is 11.4 Å². The third kappa shape index (κ3) is 4.32. The van der Waals surface area contributed by atoms with E-state index in [1.54, 1.807) is 38.3 Å². The number of nitro benzene ring substituents is 1. The molecular weight excluding hydrogens is 376 g/mol. The molecular formula is C21H18N2O6. The number of hydrogen-bond acceptors (Lipinski definition) is 6. The van der Waals surface area contributed by atoms with Crippen molar-refractivity contribution < 1.29 is 24.0 Å². The summed E-state index contributed by atoms with van der Waals surface area (Å²) in [5.74, 6) is -0.559. The van der Waals surface area contributed by atoms with Crippen LogP contribution >= 0.6 is 0 Å². The largest absolute Gasteiger partial charge is 0.496 e. The van der Waals surface area contributed by atoms with E-state index in [9.17, 15) is 19.7 Å². The minimum Gasteiger partial charge on any atom is -0.496 e. The fourth-order valence-corrected chi connectivity index (χ4v) is 2.92.